The fourth-order valence-electron chi connectivity index (χ4n) is 1.95. The molecule has 1 aromatic heterocycles. The van der Waals surface area contributed by atoms with Gasteiger partial charge in [0.1, 0.15) is 5.58 Å². The Hall–Kier alpha value is -1.26. The van der Waals surface area contributed by atoms with Crippen LogP contribution in [-0.2, 0) is 5.75 Å². The third-order valence-corrected chi connectivity index (χ3v) is 4.33. The van der Waals surface area contributed by atoms with Crippen LogP contribution in [0.2, 0.25) is 0 Å². The maximum Gasteiger partial charge on any atom is 0.336 e. The minimum Gasteiger partial charge on any atom is -0.423 e. The summed E-state index contributed by atoms with van der Waals surface area (Å²) in [6.07, 6.45) is 0.767. The lowest BCUT2D eigenvalue weighted by Gasteiger charge is -2.10. The molecule has 19 heavy (non-hydrogen) atoms. The molecule has 3 nitrogen and oxygen atoms in total. The maximum absolute atomic E-state index is 11.6. The number of rotatable bonds is 5. The van der Waals surface area contributed by atoms with E-state index in [-0.39, 0.29) is 12.2 Å². The van der Waals surface area contributed by atoms with Crippen LogP contribution in [-0.4, -0.2) is 17.0 Å². The fraction of sp³-hybridized carbons (Fsp3) is 0.400. The number of aliphatic hydroxyl groups excluding tert-OH is 1. The van der Waals surface area contributed by atoms with Gasteiger partial charge < -0.3 is 9.52 Å². The first-order chi connectivity index (χ1) is 9.10. The number of hydrogen-bond donors (Lipinski definition) is 1. The van der Waals surface area contributed by atoms with Gasteiger partial charge in [0.25, 0.3) is 0 Å². The standard InChI is InChI=1S/C15H18O3S/c1-10-3-4-13-12(9-19-11(2)5-6-16)8-15(17)18-14(13)7-10/h3-4,7-8,11,16H,5-6,9H2,1-2H3. The second-order valence-electron chi connectivity index (χ2n) is 4.72. The summed E-state index contributed by atoms with van der Waals surface area (Å²) in [6, 6.07) is 7.48. The molecule has 2 aromatic rings. The van der Waals surface area contributed by atoms with Crippen LogP contribution >= 0.6 is 11.8 Å². The van der Waals surface area contributed by atoms with E-state index in [2.05, 4.69) is 6.92 Å². The Kier molecular flexibility index (Phi) is 4.66. The van der Waals surface area contributed by atoms with Crippen molar-refractivity contribution in [3.8, 4) is 0 Å². The molecule has 0 aliphatic rings. The number of aliphatic hydroxyl groups is 1. The number of thioether (sulfide) groups is 1. The lowest BCUT2D eigenvalue weighted by atomic mass is 10.1. The molecule has 102 valence electrons. The first-order valence-electron chi connectivity index (χ1n) is 6.36. The molecule has 1 heterocycles. The molecule has 0 saturated carbocycles. The Labute approximate surface area is 116 Å². The average molecular weight is 278 g/mol. The van der Waals surface area contributed by atoms with Crippen molar-refractivity contribution in [3.05, 3.63) is 45.8 Å². The average Bonchev–Trinajstić information content (AvgIpc) is 2.35. The molecule has 0 aliphatic heterocycles. The van der Waals surface area contributed by atoms with Crippen LogP contribution in [0, 0.1) is 6.92 Å². The topological polar surface area (TPSA) is 50.4 Å². The highest BCUT2D eigenvalue weighted by molar-refractivity contribution is 7.99. The van der Waals surface area contributed by atoms with E-state index in [9.17, 15) is 4.79 Å². The number of benzene rings is 1. The van der Waals surface area contributed by atoms with E-state index >= 15 is 0 Å². The normalized spacial score (nSPS) is 12.8. The monoisotopic (exact) mass is 278 g/mol. The highest BCUT2D eigenvalue weighted by Gasteiger charge is 2.08. The second kappa shape index (κ2) is 6.26. The van der Waals surface area contributed by atoms with Crippen LogP contribution in [0.4, 0.5) is 0 Å². The van der Waals surface area contributed by atoms with Crippen molar-refractivity contribution in [3.63, 3.8) is 0 Å². The maximum atomic E-state index is 11.6. The molecule has 1 unspecified atom stereocenters. The van der Waals surface area contributed by atoms with Gasteiger partial charge in [0.2, 0.25) is 0 Å². The first kappa shape index (κ1) is 14.2. The molecule has 0 radical (unpaired) electrons. The quantitative estimate of drug-likeness (QED) is 0.854. The summed E-state index contributed by atoms with van der Waals surface area (Å²) in [7, 11) is 0. The van der Waals surface area contributed by atoms with Crippen LogP contribution < -0.4 is 5.63 Å². The van der Waals surface area contributed by atoms with Crippen LogP contribution in [0.1, 0.15) is 24.5 Å². The van der Waals surface area contributed by atoms with Crippen LogP contribution in [0.25, 0.3) is 11.0 Å². The van der Waals surface area contributed by atoms with Crippen molar-refractivity contribution >= 4 is 22.7 Å². The molecule has 1 atom stereocenters. The lowest BCUT2D eigenvalue weighted by Crippen LogP contribution is -2.03. The lowest BCUT2D eigenvalue weighted by molar-refractivity contribution is 0.289. The summed E-state index contributed by atoms with van der Waals surface area (Å²) in [6.45, 7) is 4.26. The highest BCUT2D eigenvalue weighted by Crippen LogP contribution is 2.25. The van der Waals surface area contributed by atoms with Crippen molar-refractivity contribution in [2.75, 3.05) is 6.61 Å². The van der Waals surface area contributed by atoms with Crippen molar-refractivity contribution in [1.82, 2.24) is 0 Å². The van der Waals surface area contributed by atoms with Crippen LogP contribution in [0.5, 0.6) is 0 Å². The van der Waals surface area contributed by atoms with Gasteiger partial charge in [0, 0.05) is 29.1 Å². The zero-order valence-electron chi connectivity index (χ0n) is 11.2. The molecule has 0 amide bonds. The molecule has 4 heteroatoms. The van der Waals surface area contributed by atoms with Crippen LogP contribution in [0.3, 0.4) is 0 Å². The van der Waals surface area contributed by atoms with Gasteiger partial charge in [0.05, 0.1) is 0 Å². The Morgan fingerprint density at radius 1 is 1.37 bits per heavy atom. The van der Waals surface area contributed by atoms with Crippen molar-refractivity contribution in [1.29, 1.82) is 0 Å². The summed E-state index contributed by atoms with van der Waals surface area (Å²) in [5.74, 6) is 0.756. The molecule has 0 saturated heterocycles. The Morgan fingerprint density at radius 3 is 2.89 bits per heavy atom. The Balaban J connectivity index is 2.29. The van der Waals surface area contributed by atoms with Gasteiger partial charge in [-0.2, -0.15) is 11.8 Å². The second-order valence-corrected chi connectivity index (χ2v) is 6.15. The van der Waals surface area contributed by atoms with Gasteiger partial charge >= 0.3 is 5.63 Å². The van der Waals surface area contributed by atoms with E-state index in [0.29, 0.717) is 10.8 Å². The molecule has 0 bridgehead atoms. The first-order valence-corrected chi connectivity index (χ1v) is 7.41. The smallest absolute Gasteiger partial charge is 0.336 e. The van der Waals surface area contributed by atoms with E-state index in [1.807, 2.05) is 25.1 Å². The molecule has 0 aliphatic carbocycles. The highest BCUT2D eigenvalue weighted by atomic mass is 32.2. The van der Waals surface area contributed by atoms with E-state index in [1.165, 1.54) is 0 Å². The predicted octanol–water partition coefficient (Wildman–Crippen LogP) is 3.11. The van der Waals surface area contributed by atoms with Gasteiger partial charge in [-0.1, -0.05) is 19.1 Å². The van der Waals surface area contributed by atoms with Gasteiger partial charge in [-0.3, -0.25) is 0 Å². The van der Waals surface area contributed by atoms with E-state index in [0.717, 1.165) is 28.7 Å². The van der Waals surface area contributed by atoms with Crippen LogP contribution in [0.15, 0.2) is 33.5 Å². The Morgan fingerprint density at radius 2 is 2.16 bits per heavy atom. The SMILES string of the molecule is Cc1ccc2c(CSC(C)CCO)cc(=O)oc2c1. The van der Waals surface area contributed by atoms with Gasteiger partial charge in [0.15, 0.2) is 0 Å². The molecule has 2 rings (SSSR count). The molecule has 0 spiro atoms. The third kappa shape index (κ3) is 3.61. The van der Waals surface area contributed by atoms with Crippen molar-refractivity contribution in [2.45, 2.75) is 31.3 Å². The molecule has 1 N–H and O–H groups in total. The molecular formula is C15H18O3S. The van der Waals surface area contributed by atoms with E-state index < -0.39 is 0 Å². The third-order valence-electron chi connectivity index (χ3n) is 3.04. The Bertz CT molecular complexity index is 618. The molecule has 1 aromatic carbocycles. The molecular weight excluding hydrogens is 260 g/mol. The largest absolute Gasteiger partial charge is 0.423 e. The predicted molar refractivity (Wildman–Crippen MR) is 79.7 cm³/mol. The van der Waals surface area contributed by atoms with Crippen molar-refractivity contribution < 1.29 is 9.52 Å². The summed E-state index contributed by atoms with van der Waals surface area (Å²) in [4.78, 5) is 11.6. The summed E-state index contributed by atoms with van der Waals surface area (Å²) in [5, 5.41) is 10.3. The zero-order valence-corrected chi connectivity index (χ0v) is 12.0. The number of hydrogen-bond acceptors (Lipinski definition) is 4. The van der Waals surface area contributed by atoms with Crippen molar-refractivity contribution in [2.24, 2.45) is 0 Å². The van der Waals surface area contributed by atoms with E-state index in [1.54, 1.807) is 17.8 Å². The fourth-order valence-corrected chi connectivity index (χ4v) is 2.93. The minimum absolute atomic E-state index is 0.199. The van der Waals surface area contributed by atoms with Gasteiger partial charge in [-0.25, -0.2) is 4.79 Å². The summed E-state index contributed by atoms with van der Waals surface area (Å²) < 4.78 is 5.23. The van der Waals surface area contributed by atoms with E-state index in [4.69, 9.17) is 9.52 Å². The number of fused-ring (bicyclic) bond motifs is 1. The minimum atomic E-state index is -0.302. The van der Waals surface area contributed by atoms with Gasteiger partial charge in [-0.05, 0) is 30.5 Å². The zero-order chi connectivity index (χ0) is 13.8. The summed E-state index contributed by atoms with van der Waals surface area (Å²) in [5.41, 5.74) is 2.43. The summed E-state index contributed by atoms with van der Waals surface area (Å²) >= 11 is 1.74. The van der Waals surface area contributed by atoms with Gasteiger partial charge in [-0.15, -0.1) is 0 Å². The number of aryl methyl sites for hydroxylation is 1. The molecule has 0 fully saturated rings.